The SMILES string of the molecule is Cc1cc(C(=O)N2C[C@@H](C(N)=O)[C@H](C3CCN(c4ccc(C#N)c(C(F)(F)F)c4)CC3)C2)c(C)o1. The van der Waals surface area contributed by atoms with Crippen LogP contribution in [0.3, 0.4) is 0 Å². The molecule has 10 heteroatoms. The minimum Gasteiger partial charge on any atom is -0.466 e. The van der Waals surface area contributed by atoms with Gasteiger partial charge in [0, 0.05) is 31.9 Å². The fraction of sp³-hybridized carbons (Fsp3) is 0.480. The minimum absolute atomic E-state index is 0.106. The Morgan fingerprint density at radius 2 is 1.83 bits per heavy atom. The highest BCUT2D eigenvalue weighted by Crippen LogP contribution is 2.39. The summed E-state index contributed by atoms with van der Waals surface area (Å²) in [6, 6.07) is 7.05. The first-order valence-electron chi connectivity index (χ1n) is 11.5. The molecule has 2 N–H and O–H groups in total. The molecule has 0 spiro atoms. The number of likely N-dealkylation sites (tertiary alicyclic amines) is 1. The lowest BCUT2D eigenvalue weighted by Gasteiger charge is -2.37. The lowest BCUT2D eigenvalue weighted by molar-refractivity contribution is -0.137. The van der Waals surface area contributed by atoms with Gasteiger partial charge in [-0.25, -0.2) is 0 Å². The van der Waals surface area contributed by atoms with Crippen molar-refractivity contribution in [1.82, 2.24) is 4.90 Å². The molecule has 0 bridgehead atoms. The molecule has 2 amide bonds. The number of amides is 2. The smallest absolute Gasteiger partial charge is 0.417 e. The van der Waals surface area contributed by atoms with Gasteiger partial charge in [-0.15, -0.1) is 0 Å². The molecule has 1 aromatic heterocycles. The van der Waals surface area contributed by atoms with Gasteiger partial charge in [0.05, 0.1) is 28.7 Å². The van der Waals surface area contributed by atoms with Crippen LogP contribution < -0.4 is 10.6 Å². The Kier molecular flexibility index (Phi) is 6.54. The van der Waals surface area contributed by atoms with E-state index in [9.17, 15) is 22.8 Å². The molecule has 0 radical (unpaired) electrons. The summed E-state index contributed by atoms with van der Waals surface area (Å²) in [5, 5.41) is 9.02. The molecule has 0 unspecified atom stereocenters. The average Bonchev–Trinajstić information content (AvgIpc) is 3.41. The molecule has 3 heterocycles. The second kappa shape index (κ2) is 9.29. The summed E-state index contributed by atoms with van der Waals surface area (Å²) >= 11 is 0. The highest BCUT2D eigenvalue weighted by atomic mass is 19.4. The van der Waals surface area contributed by atoms with Crippen molar-refractivity contribution in [2.24, 2.45) is 23.5 Å². The van der Waals surface area contributed by atoms with Crippen LogP contribution in [0.1, 0.15) is 45.8 Å². The van der Waals surface area contributed by atoms with Crippen LogP contribution in [0.15, 0.2) is 28.7 Å². The predicted molar refractivity (Wildman–Crippen MR) is 121 cm³/mol. The number of nitrogens with zero attached hydrogens (tertiary/aromatic N) is 3. The number of halogens is 3. The van der Waals surface area contributed by atoms with Gasteiger partial charge in [-0.05, 0) is 62.8 Å². The molecular weight excluding hydrogens is 461 g/mol. The Balaban J connectivity index is 1.46. The summed E-state index contributed by atoms with van der Waals surface area (Å²) in [5.74, 6) is 0.0401. The molecule has 2 aliphatic rings. The third-order valence-electron chi connectivity index (χ3n) is 7.23. The van der Waals surface area contributed by atoms with Gasteiger partial charge in [-0.2, -0.15) is 18.4 Å². The van der Waals surface area contributed by atoms with Crippen molar-refractivity contribution in [3.05, 3.63) is 52.5 Å². The maximum absolute atomic E-state index is 13.4. The maximum atomic E-state index is 13.4. The number of hydrogen-bond acceptors (Lipinski definition) is 5. The molecule has 2 saturated heterocycles. The highest BCUT2D eigenvalue weighted by molar-refractivity contribution is 5.96. The molecular formula is C25H27F3N4O3. The van der Waals surface area contributed by atoms with E-state index in [2.05, 4.69) is 0 Å². The van der Waals surface area contributed by atoms with Crippen LogP contribution in [0.2, 0.25) is 0 Å². The molecule has 1 aromatic carbocycles. The zero-order valence-electron chi connectivity index (χ0n) is 19.6. The first-order valence-corrected chi connectivity index (χ1v) is 11.5. The number of furan rings is 1. The van der Waals surface area contributed by atoms with E-state index in [4.69, 9.17) is 15.4 Å². The van der Waals surface area contributed by atoms with Crippen molar-refractivity contribution in [2.45, 2.75) is 32.9 Å². The number of rotatable bonds is 4. The fourth-order valence-corrected chi connectivity index (χ4v) is 5.43. The lowest BCUT2D eigenvalue weighted by Crippen LogP contribution is -2.40. The van der Waals surface area contributed by atoms with Gasteiger partial charge in [0.1, 0.15) is 11.5 Å². The van der Waals surface area contributed by atoms with Crippen LogP contribution in [0.4, 0.5) is 18.9 Å². The summed E-state index contributed by atoms with van der Waals surface area (Å²) in [6.07, 6.45) is -3.30. The van der Waals surface area contributed by atoms with Crippen molar-refractivity contribution in [1.29, 1.82) is 5.26 Å². The van der Waals surface area contributed by atoms with Crippen molar-refractivity contribution in [3.8, 4) is 6.07 Å². The number of hydrogen-bond donors (Lipinski definition) is 1. The number of nitriles is 1. The van der Waals surface area contributed by atoms with Gasteiger partial charge < -0.3 is 20.0 Å². The van der Waals surface area contributed by atoms with E-state index in [1.54, 1.807) is 30.9 Å². The van der Waals surface area contributed by atoms with E-state index < -0.39 is 29.1 Å². The monoisotopic (exact) mass is 488 g/mol. The van der Waals surface area contributed by atoms with Gasteiger partial charge in [-0.1, -0.05) is 0 Å². The van der Waals surface area contributed by atoms with Gasteiger partial charge in [0.2, 0.25) is 5.91 Å². The lowest BCUT2D eigenvalue weighted by atomic mass is 9.78. The zero-order valence-corrected chi connectivity index (χ0v) is 19.6. The summed E-state index contributed by atoms with van der Waals surface area (Å²) in [4.78, 5) is 28.8. The number of primary amides is 1. The first kappa shape index (κ1) is 24.6. The average molecular weight is 489 g/mol. The molecule has 2 aromatic rings. The zero-order chi connectivity index (χ0) is 25.5. The summed E-state index contributed by atoms with van der Waals surface area (Å²) in [7, 11) is 0. The molecule has 2 atom stereocenters. The van der Waals surface area contributed by atoms with Crippen LogP contribution in [0.25, 0.3) is 0 Å². The number of benzene rings is 1. The Hall–Kier alpha value is -3.48. The van der Waals surface area contributed by atoms with Gasteiger partial charge in [0.15, 0.2) is 0 Å². The van der Waals surface area contributed by atoms with Crippen LogP contribution in [0.5, 0.6) is 0 Å². The summed E-state index contributed by atoms with van der Waals surface area (Å²) < 4.78 is 45.6. The van der Waals surface area contributed by atoms with Crippen LogP contribution in [0, 0.1) is 42.9 Å². The number of alkyl halides is 3. The minimum atomic E-state index is -4.61. The molecule has 7 nitrogen and oxygen atoms in total. The van der Waals surface area contributed by atoms with E-state index in [-0.39, 0.29) is 24.3 Å². The van der Waals surface area contributed by atoms with Crippen molar-refractivity contribution in [2.75, 3.05) is 31.1 Å². The largest absolute Gasteiger partial charge is 0.466 e. The number of carbonyl (C=O) groups is 2. The number of aryl methyl sites for hydroxylation is 2. The van der Waals surface area contributed by atoms with Crippen LogP contribution in [-0.2, 0) is 11.0 Å². The van der Waals surface area contributed by atoms with Crippen LogP contribution >= 0.6 is 0 Å². The Bertz CT molecular complexity index is 1180. The summed E-state index contributed by atoms with van der Waals surface area (Å²) in [6.45, 7) is 5.14. The molecule has 186 valence electrons. The highest BCUT2D eigenvalue weighted by Gasteiger charge is 2.44. The molecule has 2 aliphatic heterocycles. The first-order chi connectivity index (χ1) is 16.5. The van der Waals surface area contributed by atoms with Gasteiger partial charge in [-0.3, -0.25) is 9.59 Å². The molecule has 35 heavy (non-hydrogen) atoms. The topological polar surface area (TPSA) is 104 Å². The van der Waals surface area contributed by atoms with Crippen molar-refractivity contribution < 1.29 is 27.2 Å². The molecule has 4 rings (SSSR count). The number of carbonyl (C=O) groups excluding carboxylic acids is 2. The van der Waals surface area contributed by atoms with E-state index in [0.29, 0.717) is 55.2 Å². The standard InChI is InChI=1S/C25H27F3N4O3/c1-14-9-19(15(2)35-14)24(34)32-12-20(21(13-32)23(30)33)16-5-7-31(8-6-16)18-4-3-17(11-29)22(10-18)25(26,27)28/h3-4,9-10,16,20-21H,5-8,12-13H2,1-2H3,(H2,30,33)/t20-,21+/m0/s1. The summed E-state index contributed by atoms with van der Waals surface area (Å²) in [5.41, 5.74) is 5.24. The van der Waals surface area contributed by atoms with Crippen molar-refractivity contribution in [3.63, 3.8) is 0 Å². The second-order valence-electron chi connectivity index (χ2n) is 9.37. The van der Waals surface area contributed by atoms with Crippen LogP contribution in [-0.4, -0.2) is 42.9 Å². The quantitative estimate of drug-likeness (QED) is 0.704. The van der Waals surface area contributed by atoms with E-state index in [0.717, 1.165) is 6.07 Å². The van der Waals surface area contributed by atoms with E-state index >= 15 is 0 Å². The second-order valence-corrected chi connectivity index (χ2v) is 9.37. The number of nitrogens with two attached hydrogens (primary N) is 1. The van der Waals surface area contributed by atoms with Crippen molar-refractivity contribution >= 4 is 17.5 Å². The fourth-order valence-electron chi connectivity index (χ4n) is 5.43. The molecule has 0 aliphatic carbocycles. The number of anilines is 1. The number of piperidine rings is 1. The van der Waals surface area contributed by atoms with Gasteiger partial charge >= 0.3 is 6.18 Å². The molecule has 2 fully saturated rings. The molecule has 0 saturated carbocycles. The Morgan fingerprint density at radius 3 is 2.37 bits per heavy atom. The van der Waals surface area contributed by atoms with E-state index in [1.165, 1.54) is 12.1 Å². The maximum Gasteiger partial charge on any atom is 0.417 e. The van der Waals surface area contributed by atoms with Gasteiger partial charge in [0.25, 0.3) is 5.91 Å². The van der Waals surface area contributed by atoms with E-state index in [1.807, 2.05) is 4.90 Å². The Morgan fingerprint density at radius 1 is 1.14 bits per heavy atom. The normalized spacial score (nSPS) is 21.3. The third kappa shape index (κ3) is 4.85. The third-order valence-corrected chi connectivity index (χ3v) is 7.23. The predicted octanol–water partition coefficient (Wildman–Crippen LogP) is 3.88. The Labute approximate surface area is 201 Å².